The maximum Gasteiger partial charge on any atom is 0.157 e. The van der Waals surface area contributed by atoms with Gasteiger partial charge in [-0.25, -0.2) is 0 Å². The van der Waals surface area contributed by atoms with Gasteiger partial charge in [0.1, 0.15) is 6.61 Å². The molecule has 84 valence electrons. The summed E-state index contributed by atoms with van der Waals surface area (Å²) in [5, 5.41) is 6.46. The number of nitrogens with one attached hydrogen (secondary N) is 1. The van der Waals surface area contributed by atoms with E-state index in [0.717, 1.165) is 5.75 Å². The Kier molecular flexibility index (Phi) is 3.96. The lowest BCUT2D eigenvalue weighted by molar-refractivity contribution is 0.0889. The highest BCUT2D eigenvalue weighted by Gasteiger charge is 1.94. The summed E-state index contributed by atoms with van der Waals surface area (Å²) in [4.78, 5) is 0. The van der Waals surface area contributed by atoms with E-state index in [-0.39, 0.29) is 0 Å². The van der Waals surface area contributed by atoms with Crippen LogP contribution in [0.3, 0.4) is 0 Å². The summed E-state index contributed by atoms with van der Waals surface area (Å²) >= 11 is 0. The number of hydrogen-bond acceptors (Lipinski definition) is 3. The van der Waals surface area contributed by atoms with E-state index < -0.39 is 0 Å². The molecular weight excluding hydrogens is 204 g/mol. The number of aromatic nitrogens is 2. The van der Waals surface area contributed by atoms with Crippen molar-refractivity contribution >= 4 is 0 Å². The molecule has 0 aliphatic rings. The molecule has 16 heavy (non-hydrogen) atoms. The number of rotatable bonds is 6. The third-order valence-electron chi connectivity index (χ3n) is 2.08. The molecule has 2 aromatic rings. The lowest BCUT2D eigenvalue weighted by Gasteiger charge is -2.05. The van der Waals surface area contributed by atoms with Crippen LogP contribution in [0.2, 0.25) is 0 Å². The molecule has 0 aliphatic carbocycles. The van der Waals surface area contributed by atoms with Gasteiger partial charge in [-0.05, 0) is 5.56 Å². The molecule has 1 heterocycles. The van der Waals surface area contributed by atoms with E-state index in [9.17, 15) is 0 Å². The molecule has 0 saturated carbocycles. The molecule has 1 aromatic carbocycles. The van der Waals surface area contributed by atoms with Gasteiger partial charge in [0.2, 0.25) is 0 Å². The number of hydrogen-bond donors (Lipinski definition) is 1. The van der Waals surface area contributed by atoms with Crippen LogP contribution >= 0.6 is 0 Å². The fourth-order valence-corrected chi connectivity index (χ4v) is 1.30. The minimum Gasteiger partial charge on any atom is -0.488 e. The first-order valence-electron chi connectivity index (χ1n) is 5.18. The van der Waals surface area contributed by atoms with E-state index >= 15 is 0 Å². The monoisotopic (exact) mass is 218 g/mol. The van der Waals surface area contributed by atoms with Gasteiger partial charge in [0, 0.05) is 0 Å². The third-order valence-corrected chi connectivity index (χ3v) is 2.08. The minimum atomic E-state index is 0.534. The van der Waals surface area contributed by atoms with Crippen LogP contribution in [0.1, 0.15) is 5.56 Å². The number of nitrogens with zero attached hydrogens (tertiary/aromatic N) is 1. The minimum absolute atomic E-state index is 0.534. The lowest BCUT2D eigenvalue weighted by Crippen LogP contribution is -2.06. The van der Waals surface area contributed by atoms with Crippen molar-refractivity contribution in [3.05, 3.63) is 48.3 Å². The number of aromatic amines is 1. The Hall–Kier alpha value is -1.81. The zero-order valence-corrected chi connectivity index (χ0v) is 8.93. The van der Waals surface area contributed by atoms with Gasteiger partial charge in [0.05, 0.1) is 25.6 Å². The summed E-state index contributed by atoms with van der Waals surface area (Å²) in [7, 11) is 0. The molecule has 0 saturated heterocycles. The summed E-state index contributed by atoms with van der Waals surface area (Å²) in [5.41, 5.74) is 1.17. The topological polar surface area (TPSA) is 47.1 Å². The molecule has 0 radical (unpaired) electrons. The highest BCUT2D eigenvalue weighted by Crippen LogP contribution is 2.04. The van der Waals surface area contributed by atoms with Crippen LogP contribution in [0.15, 0.2) is 42.7 Å². The van der Waals surface area contributed by atoms with Gasteiger partial charge in [0.25, 0.3) is 0 Å². The van der Waals surface area contributed by atoms with E-state index in [4.69, 9.17) is 9.47 Å². The summed E-state index contributed by atoms with van der Waals surface area (Å²) in [5.74, 6) is 0.739. The standard InChI is InChI=1S/C12H14N2O2/c1-2-4-11(5-3-1)10-15-6-7-16-12-8-13-14-9-12/h1-5,8-9H,6-7,10H2,(H,13,14). The van der Waals surface area contributed by atoms with Gasteiger partial charge in [-0.2, -0.15) is 5.10 Å². The zero-order valence-electron chi connectivity index (χ0n) is 8.93. The smallest absolute Gasteiger partial charge is 0.157 e. The Bertz CT molecular complexity index is 387. The maximum absolute atomic E-state index is 5.46. The second kappa shape index (κ2) is 5.92. The van der Waals surface area contributed by atoms with E-state index in [1.165, 1.54) is 5.56 Å². The van der Waals surface area contributed by atoms with Crippen LogP contribution < -0.4 is 4.74 Å². The Morgan fingerprint density at radius 1 is 1.12 bits per heavy atom. The highest BCUT2D eigenvalue weighted by atomic mass is 16.5. The van der Waals surface area contributed by atoms with Crippen LogP contribution in [0.5, 0.6) is 5.75 Å². The molecule has 1 aromatic heterocycles. The molecule has 0 unspecified atom stereocenters. The first-order chi connectivity index (χ1) is 7.95. The van der Waals surface area contributed by atoms with Gasteiger partial charge in [0.15, 0.2) is 5.75 Å². The van der Waals surface area contributed by atoms with Crippen LogP contribution in [0, 0.1) is 0 Å². The van der Waals surface area contributed by atoms with E-state index in [1.54, 1.807) is 12.4 Å². The summed E-state index contributed by atoms with van der Waals surface area (Å²) in [6, 6.07) is 10.1. The van der Waals surface area contributed by atoms with E-state index in [1.807, 2.05) is 30.3 Å². The molecule has 1 N–H and O–H groups in total. The number of H-pyrrole nitrogens is 1. The summed E-state index contributed by atoms with van der Waals surface area (Å²) in [6.07, 6.45) is 3.34. The predicted molar refractivity (Wildman–Crippen MR) is 60.2 cm³/mol. The summed E-state index contributed by atoms with van der Waals surface area (Å²) < 4.78 is 10.8. The van der Waals surface area contributed by atoms with Crippen LogP contribution in [-0.4, -0.2) is 23.4 Å². The molecule has 4 nitrogen and oxygen atoms in total. The normalized spacial score (nSPS) is 10.2. The zero-order chi connectivity index (χ0) is 11.1. The maximum atomic E-state index is 5.46. The first-order valence-corrected chi connectivity index (χ1v) is 5.18. The van der Waals surface area contributed by atoms with E-state index in [0.29, 0.717) is 19.8 Å². The Morgan fingerprint density at radius 2 is 2.00 bits per heavy atom. The SMILES string of the molecule is c1ccc(COCCOc2cn[nH]c2)cc1. The van der Waals surface area contributed by atoms with E-state index in [2.05, 4.69) is 10.2 Å². The molecule has 0 bridgehead atoms. The van der Waals surface area contributed by atoms with Crippen molar-refractivity contribution in [1.29, 1.82) is 0 Å². The van der Waals surface area contributed by atoms with Gasteiger partial charge >= 0.3 is 0 Å². The van der Waals surface area contributed by atoms with Crippen molar-refractivity contribution in [2.45, 2.75) is 6.61 Å². The van der Waals surface area contributed by atoms with Crippen LogP contribution in [-0.2, 0) is 11.3 Å². The Labute approximate surface area is 94.2 Å². The van der Waals surface area contributed by atoms with Gasteiger partial charge < -0.3 is 9.47 Å². The highest BCUT2D eigenvalue weighted by molar-refractivity contribution is 5.13. The average molecular weight is 218 g/mol. The van der Waals surface area contributed by atoms with Crippen molar-refractivity contribution < 1.29 is 9.47 Å². The van der Waals surface area contributed by atoms with Crippen molar-refractivity contribution in [3.63, 3.8) is 0 Å². The van der Waals surface area contributed by atoms with Crippen LogP contribution in [0.25, 0.3) is 0 Å². The molecule has 4 heteroatoms. The Morgan fingerprint density at radius 3 is 2.75 bits per heavy atom. The van der Waals surface area contributed by atoms with Crippen molar-refractivity contribution in [1.82, 2.24) is 10.2 Å². The molecular formula is C12H14N2O2. The fourth-order valence-electron chi connectivity index (χ4n) is 1.30. The molecule has 2 rings (SSSR count). The molecule has 0 amide bonds. The largest absolute Gasteiger partial charge is 0.488 e. The van der Waals surface area contributed by atoms with Crippen molar-refractivity contribution in [3.8, 4) is 5.75 Å². The quantitative estimate of drug-likeness (QED) is 0.754. The van der Waals surface area contributed by atoms with Crippen LogP contribution in [0.4, 0.5) is 0 Å². The van der Waals surface area contributed by atoms with Gasteiger partial charge in [-0.15, -0.1) is 0 Å². The third kappa shape index (κ3) is 3.40. The van der Waals surface area contributed by atoms with Crippen molar-refractivity contribution in [2.75, 3.05) is 13.2 Å². The van der Waals surface area contributed by atoms with Gasteiger partial charge in [-0.3, -0.25) is 5.10 Å². The average Bonchev–Trinajstić information content (AvgIpc) is 2.83. The number of benzene rings is 1. The Balaban J connectivity index is 1.59. The second-order valence-corrected chi connectivity index (χ2v) is 3.32. The number of ether oxygens (including phenoxy) is 2. The lowest BCUT2D eigenvalue weighted by atomic mass is 10.2. The first kappa shape index (κ1) is 10.7. The van der Waals surface area contributed by atoms with Crippen molar-refractivity contribution in [2.24, 2.45) is 0 Å². The second-order valence-electron chi connectivity index (χ2n) is 3.32. The molecule has 0 spiro atoms. The predicted octanol–water partition coefficient (Wildman–Crippen LogP) is 2.01. The molecule has 0 fully saturated rings. The summed E-state index contributed by atoms with van der Waals surface area (Å²) in [6.45, 7) is 1.72. The molecule has 0 atom stereocenters. The fraction of sp³-hybridized carbons (Fsp3) is 0.250. The molecule has 0 aliphatic heterocycles. The van der Waals surface area contributed by atoms with Gasteiger partial charge in [-0.1, -0.05) is 30.3 Å².